The Morgan fingerprint density at radius 1 is 1.32 bits per heavy atom. The van der Waals surface area contributed by atoms with Gasteiger partial charge in [-0.15, -0.1) is 0 Å². The number of nitrogens with zero attached hydrogens (tertiary/aromatic N) is 2. The standard InChI is InChI=1S/C22H23BrN4O.H2/c1-27-13-25-12-20(27)15-6-9-17(10-7-15)26-22(28)21(24)18-4-2-3-14-5-8-16(23)11-19(14)18;/h5-13,18,21H,2-4,24H2,1H3,(H,26,28);1H/t18-,21+;/m1./s1. The molecule has 1 amide bonds. The van der Waals surface area contributed by atoms with Crippen LogP contribution in [0.2, 0.25) is 0 Å². The minimum atomic E-state index is -0.579. The Labute approximate surface area is 174 Å². The van der Waals surface area contributed by atoms with Gasteiger partial charge in [0.1, 0.15) is 0 Å². The number of imidazole rings is 1. The molecule has 0 saturated carbocycles. The van der Waals surface area contributed by atoms with Gasteiger partial charge in [0.15, 0.2) is 0 Å². The van der Waals surface area contributed by atoms with Gasteiger partial charge in [0.2, 0.25) is 5.91 Å². The lowest BCUT2D eigenvalue weighted by Crippen LogP contribution is -2.41. The Balaban J connectivity index is 0.00000240. The summed E-state index contributed by atoms with van der Waals surface area (Å²) in [7, 11) is 1.96. The molecule has 0 radical (unpaired) electrons. The molecule has 0 bridgehead atoms. The molecule has 2 aromatic carbocycles. The lowest BCUT2D eigenvalue weighted by atomic mass is 9.79. The van der Waals surface area contributed by atoms with Crippen molar-refractivity contribution in [3.63, 3.8) is 0 Å². The first kappa shape index (κ1) is 18.9. The molecule has 0 spiro atoms. The number of amides is 1. The highest BCUT2D eigenvalue weighted by Crippen LogP contribution is 2.35. The number of nitrogens with two attached hydrogens (primary N) is 1. The first-order chi connectivity index (χ1) is 13.5. The minimum absolute atomic E-state index is 0. The zero-order chi connectivity index (χ0) is 19.7. The summed E-state index contributed by atoms with van der Waals surface area (Å²) in [6.07, 6.45) is 6.62. The molecule has 1 heterocycles. The van der Waals surface area contributed by atoms with Crippen LogP contribution in [0.15, 0.2) is 59.5 Å². The first-order valence-corrected chi connectivity index (χ1v) is 10.2. The van der Waals surface area contributed by atoms with Crippen LogP contribution in [0.4, 0.5) is 5.69 Å². The van der Waals surface area contributed by atoms with E-state index in [0.29, 0.717) is 0 Å². The number of carbonyl (C=O) groups excluding carboxylic acids is 1. The summed E-state index contributed by atoms with van der Waals surface area (Å²) in [5, 5.41) is 2.97. The van der Waals surface area contributed by atoms with Crippen molar-refractivity contribution < 1.29 is 6.22 Å². The smallest absolute Gasteiger partial charge is 0.241 e. The normalized spacial score (nSPS) is 17.0. The van der Waals surface area contributed by atoms with Crippen LogP contribution in [0.25, 0.3) is 11.3 Å². The van der Waals surface area contributed by atoms with E-state index in [0.717, 1.165) is 40.7 Å². The number of aromatic nitrogens is 2. The minimum Gasteiger partial charge on any atom is -0.334 e. The van der Waals surface area contributed by atoms with Crippen molar-refractivity contribution in [2.75, 3.05) is 5.32 Å². The molecule has 3 N–H and O–H groups in total. The van der Waals surface area contributed by atoms with Crippen molar-refractivity contribution in [3.05, 3.63) is 70.6 Å². The Hall–Kier alpha value is -2.44. The van der Waals surface area contributed by atoms with Gasteiger partial charge in [-0.2, -0.15) is 0 Å². The van der Waals surface area contributed by atoms with Gasteiger partial charge < -0.3 is 15.6 Å². The van der Waals surface area contributed by atoms with Gasteiger partial charge in [0, 0.05) is 24.6 Å². The van der Waals surface area contributed by atoms with Crippen LogP contribution in [0.1, 0.15) is 31.3 Å². The first-order valence-electron chi connectivity index (χ1n) is 9.44. The SMILES string of the molecule is Cn1cncc1-c1ccc(NC(=O)[C@@H](N)[C@@H]2CCCc3ccc(Br)cc32)cc1.[HH]. The number of nitrogens with one attached hydrogen (secondary N) is 1. The molecule has 3 aromatic rings. The number of carbonyl (C=O) groups is 1. The Bertz CT molecular complexity index is 1000. The number of hydrogen-bond acceptors (Lipinski definition) is 3. The van der Waals surface area contributed by atoms with E-state index in [4.69, 9.17) is 5.73 Å². The van der Waals surface area contributed by atoms with E-state index >= 15 is 0 Å². The summed E-state index contributed by atoms with van der Waals surface area (Å²) in [6.45, 7) is 0. The van der Waals surface area contributed by atoms with Gasteiger partial charge in [0.05, 0.1) is 24.3 Å². The number of rotatable bonds is 4. The van der Waals surface area contributed by atoms with Gasteiger partial charge >= 0.3 is 0 Å². The molecule has 0 fully saturated rings. The van der Waals surface area contributed by atoms with E-state index in [-0.39, 0.29) is 13.3 Å². The number of hydrogen-bond donors (Lipinski definition) is 2. The monoisotopic (exact) mass is 440 g/mol. The summed E-state index contributed by atoms with van der Waals surface area (Å²) >= 11 is 3.54. The van der Waals surface area contributed by atoms with E-state index in [1.165, 1.54) is 11.1 Å². The van der Waals surface area contributed by atoms with E-state index in [2.05, 4.69) is 44.4 Å². The molecule has 6 heteroatoms. The second kappa shape index (κ2) is 7.89. The molecule has 0 unspecified atom stereocenters. The predicted octanol–water partition coefficient (Wildman–Crippen LogP) is 4.48. The predicted molar refractivity (Wildman–Crippen MR) is 117 cm³/mol. The van der Waals surface area contributed by atoms with Crippen molar-refractivity contribution in [2.45, 2.75) is 31.2 Å². The van der Waals surface area contributed by atoms with Gasteiger partial charge in [-0.25, -0.2) is 4.98 Å². The van der Waals surface area contributed by atoms with Crippen LogP contribution >= 0.6 is 15.9 Å². The van der Waals surface area contributed by atoms with Crippen molar-refractivity contribution in [3.8, 4) is 11.3 Å². The Kier molecular flexibility index (Phi) is 5.33. The van der Waals surface area contributed by atoms with E-state index in [9.17, 15) is 4.79 Å². The van der Waals surface area contributed by atoms with Gasteiger partial charge in [-0.1, -0.05) is 34.1 Å². The van der Waals surface area contributed by atoms with Gasteiger partial charge in [0.25, 0.3) is 0 Å². The molecule has 0 saturated heterocycles. The molecule has 4 rings (SSSR count). The maximum Gasteiger partial charge on any atom is 0.241 e. The van der Waals surface area contributed by atoms with Crippen LogP contribution in [-0.4, -0.2) is 21.5 Å². The largest absolute Gasteiger partial charge is 0.334 e. The average molecular weight is 441 g/mol. The Morgan fingerprint density at radius 3 is 2.82 bits per heavy atom. The van der Waals surface area contributed by atoms with E-state index < -0.39 is 6.04 Å². The van der Waals surface area contributed by atoms with E-state index in [1.807, 2.05) is 42.1 Å². The highest BCUT2D eigenvalue weighted by atomic mass is 79.9. The van der Waals surface area contributed by atoms with Crippen LogP contribution in [-0.2, 0) is 18.3 Å². The Morgan fingerprint density at radius 2 is 2.11 bits per heavy atom. The molecule has 0 aliphatic heterocycles. The summed E-state index contributed by atoms with van der Waals surface area (Å²) in [5.41, 5.74) is 11.7. The third-order valence-corrected chi connectivity index (χ3v) is 5.96. The second-order valence-corrected chi connectivity index (χ2v) is 8.24. The molecule has 2 atom stereocenters. The fourth-order valence-corrected chi connectivity index (χ4v) is 4.33. The van der Waals surface area contributed by atoms with Crippen LogP contribution in [0.5, 0.6) is 0 Å². The van der Waals surface area contributed by atoms with Crippen molar-refractivity contribution in [1.82, 2.24) is 9.55 Å². The van der Waals surface area contributed by atoms with Crippen molar-refractivity contribution in [1.29, 1.82) is 0 Å². The topological polar surface area (TPSA) is 72.9 Å². The number of fused-ring (bicyclic) bond motifs is 1. The number of anilines is 1. The summed E-state index contributed by atoms with van der Waals surface area (Å²) < 4.78 is 2.99. The second-order valence-electron chi connectivity index (χ2n) is 7.32. The van der Waals surface area contributed by atoms with E-state index in [1.54, 1.807) is 6.33 Å². The summed E-state index contributed by atoms with van der Waals surface area (Å²) in [6, 6.07) is 13.5. The summed E-state index contributed by atoms with van der Waals surface area (Å²) in [4.78, 5) is 17.0. The molecule has 5 nitrogen and oxygen atoms in total. The lowest BCUT2D eigenvalue weighted by molar-refractivity contribution is -0.117. The fraction of sp³-hybridized carbons (Fsp3) is 0.273. The molecule has 1 aliphatic rings. The zero-order valence-electron chi connectivity index (χ0n) is 15.7. The quantitative estimate of drug-likeness (QED) is 0.627. The van der Waals surface area contributed by atoms with Crippen LogP contribution < -0.4 is 11.1 Å². The molecule has 28 heavy (non-hydrogen) atoms. The highest BCUT2D eigenvalue weighted by molar-refractivity contribution is 9.10. The third-order valence-electron chi connectivity index (χ3n) is 5.47. The van der Waals surface area contributed by atoms with Crippen LogP contribution in [0.3, 0.4) is 0 Å². The molecular formula is C22H25BrN4O. The lowest BCUT2D eigenvalue weighted by Gasteiger charge is -2.29. The number of halogens is 1. The van der Waals surface area contributed by atoms with Gasteiger partial charge in [-0.3, -0.25) is 4.79 Å². The highest BCUT2D eigenvalue weighted by Gasteiger charge is 2.30. The zero-order valence-corrected chi connectivity index (χ0v) is 17.3. The fourth-order valence-electron chi connectivity index (χ4n) is 3.95. The van der Waals surface area contributed by atoms with Crippen LogP contribution in [0, 0.1) is 0 Å². The van der Waals surface area contributed by atoms with Crippen molar-refractivity contribution in [2.24, 2.45) is 12.8 Å². The number of aryl methyl sites for hydroxylation is 2. The average Bonchev–Trinajstić information content (AvgIpc) is 3.13. The van der Waals surface area contributed by atoms with Gasteiger partial charge in [-0.05, 0) is 60.2 Å². The maximum atomic E-state index is 12.8. The summed E-state index contributed by atoms with van der Waals surface area (Å²) in [5.74, 6) is -0.110. The molecule has 146 valence electrons. The van der Waals surface area contributed by atoms with Crippen molar-refractivity contribution >= 4 is 27.5 Å². The number of benzene rings is 2. The molecular weight excluding hydrogens is 416 g/mol. The molecule has 1 aromatic heterocycles. The maximum absolute atomic E-state index is 12.8. The third kappa shape index (κ3) is 3.75. The molecule has 1 aliphatic carbocycles.